The Bertz CT molecular complexity index is 173. The Morgan fingerprint density at radius 2 is 1.64 bits per heavy atom. The van der Waals surface area contributed by atoms with Gasteiger partial charge in [0.05, 0.1) is 6.10 Å². The van der Waals surface area contributed by atoms with Gasteiger partial charge in [0.1, 0.15) is 0 Å². The van der Waals surface area contributed by atoms with E-state index in [-0.39, 0.29) is 17.2 Å². The van der Waals surface area contributed by atoms with E-state index in [0.717, 1.165) is 25.7 Å². The molecule has 0 heterocycles. The predicted molar refractivity (Wildman–Crippen MR) is 42.9 cm³/mol. The first-order valence-corrected chi connectivity index (χ1v) is 4.30. The average Bonchev–Trinajstić information content (AvgIpc) is 1.94. The Morgan fingerprint density at radius 3 is 2.00 bits per heavy atom. The summed E-state index contributed by atoms with van der Waals surface area (Å²) in [6.07, 6.45) is 4.09. The van der Waals surface area contributed by atoms with E-state index in [2.05, 4.69) is 0 Å². The lowest BCUT2D eigenvalue weighted by molar-refractivity contribution is -0.0307. The molecule has 0 aromatic heterocycles. The molecule has 3 saturated carbocycles. The molecule has 0 aromatic rings. The molecule has 3 aliphatic rings. The summed E-state index contributed by atoms with van der Waals surface area (Å²) in [5.74, 6) is 0. The van der Waals surface area contributed by atoms with Gasteiger partial charge in [0.2, 0.25) is 0 Å². The highest BCUT2D eigenvalue weighted by atomic mass is 16.3. The first kappa shape index (κ1) is 7.53. The number of hydrogen-bond donors (Lipinski definition) is 3. The molecule has 3 aliphatic carbocycles. The van der Waals surface area contributed by atoms with Gasteiger partial charge in [0.25, 0.3) is 0 Å². The quantitative estimate of drug-likeness (QED) is 0.451. The third-order valence-corrected chi connectivity index (χ3v) is 3.44. The van der Waals surface area contributed by atoms with Gasteiger partial charge in [-0.1, -0.05) is 0 Å². The second-order valence-corrected chi connectivity index (χ2v) is 4.32. The summed E-state index contributed by atoms with van der Waals surface area (Å²) >= 11 is 0. The van der Waals surface area contributed by atoms with Crippen LogP contribution in [-0.4, -0.2) is 22.3 Å². The lowest BCUT2D eigenvalue weighted by atomic mass is 9.61. The summed E-state index contributed by atoms with van der Waals surface area (Å²) in [6, 6.07) is 0. The molecule has 1 atom stereocenters. The lowest BCUT2D eigenvalue weighted by Crippen LogP contribution is -2.66. The van der Waals surface area contributed by atoms with Crippen LogP contribution in [0.15, 0.2) is 0 Å². The lowest BCUT2D eigenvalue weighted by Gasteiger charge is -2.52. The van der Waals surface area contributed by atoms with Gasteiger partial charge in [0.15, 0.2) is 0 Å². The molecule has 0 spiro atoms. The molecule has 0 saturated heterocycles. The summed E-state index contributed by atoms with van der Waals surface area (Å²) in [5, 5.41) is 9.62. The number of fused-ring (bicyclic) bond motifs is 3. The van der Waals surface area contributed by atoms with Crippen molar-refractivity contribution in [2.75, 3.05) is 0 Å². The predicted octanol–water partition coefficient (Wildman–Crippen LogP) is -0.280. The molecule has 0 amide bonds. The molecular weight excluding hydrogens is 140 g/mol. The molecule has 5 N–H and O–H groups in total. The van der Waals surface area contributed by atoms with Crippen molar-refractivity contribution in [1.29, 1.82) is 0 Å². The van der Waals surface area contributed by atoms with Crippen LogP contribution in [0.4, 0.5) is 0 Å². The highest BCUT2D eigenvalue weighted by Gasteiger charge is 2.50. The molecule has 1 unspecified atom stereocenters. The van der Waals surface area contributed by atoms with E-state index in [1.54, 1.807) is 0 Å². The largest absolute Gasteiger partial charge is 0.391 e. The van der Waals surface area contributed by atoms with Gasteiger partial charge in [-0.2, -0.15) is 0 Å². The first-order valence-electron chi connectivity index (χ1n) is 4.30. The fourth-order valence-corrected chi connectivity index (χ4v) is 2.34. The maximum absolute atomic E-state index is 9.62. The Labute approximate surface area is 66.8 Å². The second kappa shape index (κ2) is 1.97. The van der Waals surface area contributed by atoms with Crippen LogP contribution in [0, 0.1) is 0 Å². The monoisotopic (exact) mass is 156 g/mol. The van der Waals surface area contributed by atoms with E-state index in [0.29, 0.717) is 6.42 Å². The van der Waals surface area contributed by atoms with Crippen molar-refractivity contribution in [2.45, 2.75) is 49.3 Å². The van der Waals surface area contributed by atoms with E-state index in [1.165, 1.54) is 0 Å². The van der Waals surface area contributed by atoms with Crippen molar-refractivity contribution in [1.82, 2.24) is 0 Å². The topological polar surface area (TPSA) is 72.3 Å². The molecule has 2 bridgehead atoms. The van der Waals surface area contributed by atoms with Crippen LogP contribution in [0.1, 0.15) is 32.1 Å². The molecular formula is C8H16N2O. The number of aliphatic hydroxyl groups is 1. The van der Waals surface area contributed by atoms with Crippen LogP contribution in [0.25, 0.3) is 0 Å². The third kappa shape index (κ3) is 0.991. The van der Waals surface area contributed by atoms with Crippen molar-refractivity contribution < 1.29 is 5.11 Å². The highest BCUT2D eigenvalue weighted by Crippen LogP contribution is 2.43. The van der Waals surface area contributed by atoms with E-state index >= 15 is 0 Å². The minimum atomic E-state index is -0.366. The van der Waals surface area contributed by atoms with Crippen molar-refractivity contribution in [3.63, 3.8) is 0 Å². The number of rotatable bonds is 0. The summed E-state index contributed by atoms with van der Waals surface area (Å²) in [7, 11) is 0. The Hall–Kier alpha value is -0.120. The number of hydrogen-bond acceptors (Lipinski definition) is 3. The van der Waals surface area contributed by atoms with Crippen LogP contribution in [0.3, 0.4) is 0 Å². The van der Waals surface area contributed by atoms with Gasteiger partial charge in [-0.25, -0.2) is 0 Å². The van der Waals surface area contributed by atoms with Crippen LogP contribution >= 0.6 is 0 Å². The van der Waals surface area contributed by atoms with Crippen LogP contribution in [-0.2, 0) is 0 Å². The summed E-state index contributed by atoms with van der Waals surface area (Å²) < 4.78 is 0. The van der Waals surface area contributed by atoms with E-state index in [9.17, 15) is 5.11 Å². The molecule has 0 radical (unpaired) electrons. The Balaban J connectivity index is 2.22. The molecule has 3 nitrogen and oxygen atoms in total. The highest BCUT2D eigenvalue weighted by molar-refractivity contribution is 5.10. The van der Waals surface area contributed by atoms with E-state index in [4.69, 9.17) is 11.5 Å². The van der Waals surface area contributed by atoms with Crippen LogP contribution in [0.5, 0.6) is 0 Å². The summed E-state index contributed by atoms with van der Waals surface area (Å²) in [6.45, 7) is 0. The fourth-order valence-electron chi connectivity index (χ4n) is 2.34. The summed E-state index contributed by atoms with van der Waals surface area (Å²) in [4.78, 5) is 0. The van der Waals surface area contributed by atoms with E-state index in [1.807, 2.05) is 0 Å². The zero-order valence-electron chi connectivity index (χ0n) is 6.71. The van der Waals surface area contributed by atoms with Gasteiger partial charge in [0, 0.05) is 11.1 Å². The Morgan fingerprint density at radius 1 is 1.09 bits per heavy atom. The number of nitrogens with two attached hydrogens (primary N) is 2. The van der Waals surface area contributed by atoms with Gasteiger partial charge in [-0.05, 0) is 32.1 Å². The summed E-state index contributed by atoms with van der Waals surface area (Å²) in [5.41, 5.74) is 11.6. The standard InChI is InChI=1S/C8H16N2O/c9-7-1-3-8(10,4-2-7)6(11)5-7/h6,11H,1-5,9-10H2. The Kier molecular flexibility index (Phi) is 1.35. The van der Waals surface area contributed by atoms with Crippen molar-refractivity contribution in [2.24, 2.45) is 11.5 Å². The molecule has 3 heteroatoms. The maximum Gasteiger partial charge on any atom is 0.0737 e. The van der Waals surface area contributed by atoms with Gasteiger partial charge >= 0.3 is 0 Å². The zero-order chi connectivity index (χ0) is 8.11. The van der Waals surface area contributed by atoms with Crippen molar-refractivity contribution >= 4 is 0 Å². The molecule has 0 aliphatic heterocycles. The molecule has 3 fully saturated rings. The zero-order valence-corrected chi connectivity index (χ0v) is 6.71. The maximum atomic E-state index is 9.62. The average molecular weight is 156 g/mol. The number of aliphatic hydroxyl groups excluding tert-OH is 1. The van der Waals surface area contributed by atoms with Gasteiger partial charge in [-0.3, -0.25) is 0 Å². The molecule has 3 rings (SSSR count). The minimum absolute atomic E-state index is 0.0967. The van der Waals surface area contributed by atoms with E-state index < -0.39 is 0 Å². The second-order valence-electron chi connectivity index (χ2n) is 4.32. The van der Waals surface area contributed by atoms with Gasteiger partial charge in [-0.15, -0.1) is 0 Å². The molecule has 64 valence electrons. The normalized spacial score (nSPS) is 56.5. The van der Waals surface area contributed by atoms with Crippen molar-refractivity contribution in [3.05, 3.63) is 0 Å². The fraction of sp³-hybridized carbons (Fsp3) is 1.00. The van der Waals surface area contributed by atoms with Crippen LogP contribution in [0.2, 0.25) is 0 Å². The minimum Gasteiger partial charge on any atom is -0.391 e. The van der Waals surface area contributed by atoms with Crippen LogP contribution < -0.4 is 11.5 Å². The van der Waals surface area contributed by atoms with Gasteiger partial charge < -0.3 is 16.6 Å². The third-order valence-electron chi connectivity index (χ3n) is 3.44. The smallest absolute Gasteiger partial charge is 0.0737 e. The molecule has 0 aromatic carbocycles. The first-order chi connectivity index (χ1) is 5.04. The molecule has 11 heavy (non-hydrogen) atoms. The van der Waals surface area contributed by atoms with Crippen molar-refractivity contribution in [3.8, 4) is 0 Å². The SMILES string of the molecule is NC12CCC(N)(CC1)C(O)C2.